The van der Waals surface area contributed by atoms with Crippen LogP contribution in [-0.2, 0) is 6.61 Å². The standard InChI is InChI=1S/C26H17ClN4O2/c27-19-8-5-17(6-9-19)24-25(30-31-26(24)32)22-12-11-21(13-18(22)14-28)33-15-20-10-7-16-3-1-2-4-23(16)29-20/h1-13H,15H2,(H2,30,31,32). The first-order valence-corrected chi connectivity index (χ1v) is 10.6. The maximum absolute atomic E-state index is 12.5. The fourth-order valence-electron chi connectivity index (χ4n) is 3.72. The molecule has 0 saturated heterocycles. The summed E-state index contributed by atoms with van der Waals surface area (Å²) in [5.41, 5.74) is 4.05. The van der Waals surface area contributed by atoms with E-state index in [1.807, 2.05) is 36.4 Å². The normalized spacial score (nSPS) is 10.8. The molecule has 2 aromatic heterocycles. The van der Waals surface area contributed by atoms with Crippen LogP contribution < -0.4 is 10.3 Å². The monoisotopic (exact) mass is 452 g/mol. The lowest BCUT2D eigenvalue weighted by Gasteiger charge is -2.10. The fourth-order valence-corrected chi connectivity index (χ4v) is 3.85. The maximum Gasteiger partial charge on any atom is 0.272 e. The number of hydrogen-bond donors (Lipinski definition) is 2. The highest BCUT2D eigenvalue weighted by Gasteiger charge is 2.17. The smallest absolute Gasteiger partial charge is 0.272 e. The van der Waals surface area contributed by atoms with E-state index in [4.69, 9.17) is 16.3 Å². The first-order valence-electron chi connectivity index (χ1n) is 10.2. The molecule has 0 bridgehead atoms. The number of fused-ring (bicyclic) bond motifs is 1. The summed E-state index contributed by atoms with van der Waals surface area (Å²) in [7, 11) is 0. The van der Waals surface area contributed by atoms with Crippen molar-refractivity contribution in [2.24, 2.45) is 0 Å². The van der Waals surface area contributed by atoms with Crippen molar-refractivity contribution in [1.29, 1.82) is 5.26 Å². The topological polar surface area (TPSA) is 94.6 Å². The van der Waals surface area contributed by atoms with Crippen molar-refractivity contribution >= 4 is 22.5 Å². The van der Waals surface area contributed by atoms with E-state index in [-0.39, 0.29) is 12.2 Å². The quantitative estimate of drug-likeness (QED) is 0.358. The number of nitrogens with one attached hydrogen (secondary N) is 2. The van der Waals surface area contributed by atoms with Gasteiger partial charge in [0.1, 0.15) is 12.4 Å². The van der Waals surface area contributed by atoms with Gasteiger partial charge in [-0.1, -0.05) is 48.0 Å². The van der Waals surface area contributed by atoms with Crippen LogP contribution in [0.15, 0.2) is 83.7 Å². The Kier molecular flexibility index (Phi) is 5.39. The Morgan fingerprint density at radius 2 is 1.79 bits per heavy atom. The molecule has 0 amide bonds. The van der Waals surface area contributed by atoms with Crippen LogP contribution in [0.4, 0.5) is 0 Å². The van der Waals surface area contributed by atoms with E-state index in [1.165, 1.54) is 0 Å². The number of nitriles is 1. The van der Waals surface area contributed by atoms with Gasteiger partial charge in [-0.25, -0.2) is 4.98 Å². The minimum Gasteiger partial charge on any atom is -0.487 e. The second-order valence-electron chi connectivity index (χ2n) is 7.44. The van der Waals surface area contributed by atoms with Gasteiger partial charge in [0, 0.05) is 16.0 Å². The Morgan fingerprint density at radius 3 is 2.61 bits per heavy atom. The minimum absolute atomic E-state index is 0.270. The molecule has 0 radical (unpaired) electrons. The van der Waals surface area contributed by atoms with Crippen LogP contribution in [0.5, 0.6) is 5.75 Å². The number of aromatic nitrogens is 3. The van der Waals surface area contributed by atoms with E-state index < -0.39 is 0 Å². The number of hydrogen-bond acceptors (Lipinski definition) is 4. The predicted molar refractivity (Wildman–Crippen MR) is 128 cm³/mol. The van der Waals surface area contributed by atoms with Gasteiger partial charge in [0.25, 0.3) is 5.56 Å². The van der Waals surface area contributed by atoms with Gasteiger partial charge in [0.15, 0.2) is 0 Å². The number of para-hydroxylation sites is 1. The second-order valence-corrected chi connectivity index (χ2v) is 7.88. The first-order chi connectivity index (χ1) is 16.1. The van der Waals surface area contributed by atoms with E-state index in [9.17, 15) is 10.1 Å². The van der Waals surface area contributed by atoms with Crippen LogP contribution in [0, 0.1) is 11.3 Å². The molecule has 0 aliphatic rings. The van der Waals surface area contributed by atoms with Crippen molar-refractivity contribution < 1.29 is 4.74 Å². The van der Waals surface area contributed by atoms with E-state index in [0.717, 1.165) is 16.6 Å². The van der Waals surface area contributed by atoms with Gasteiger partial charge in [-0.05, 0) is 48.0 Å². The summed E-state index contributed by atoms with van der Waals surface area (Å²) < 4.78 is 5.90. The van der Waals surface area contributed by atoms with Gasteiger partial charge in [-0.3, -0.25) is 15.0 Å². The summed E-state index contributed by atoms with van der Waals surface area (Å²) in [6.45, 7) is 0.270. The molecule has 6 nitrogen and oxygen atoms in total. The molecule has 2 N–H and O–H groups in total. The van der Waals surface area contributed by atoms with Crippen LogP contribution in [0.2, 0.25) is 5.02 Å². The molecule has 0 unspecified atom stereocenters. The van der Waals surface area contributed by atoms with Crippen molar-refractivity contribution in [3.8, 4) is 34.2 Å². The molecule has 5 rings (SSSR count). The number of halogens is 1. The summed E-state index contributed by atoms with van der Waals surface area (Å²) in [6, 6.07) is 26.2. The zero-order valence-electron chi connectivity index (χ0n) is 17.3. The number of benzene rings is 3. The van der Waals surface area contributed by atoms with Crippen LogP contribution >= 0.6 is 11.6 Å². The molecule has 160 valence electrons. The molecule has 0 aliphatic heterocycles. The van der Waals surface area contributed by atoms with E-state index >= 15 is 0 Å². The summed E-state index contributed by atoms with van der Waals surface area (Å²) in [6.07, 6.45) is 0. The van der Waals surface area contributed by atoms with Gasteiger partial charge < -0.3 is 4.74 Å². The lowest BCUT2D eigenvalue weighted by molar-refractivity contribution is 0.302. The number of aromatic amines is 2. The highest BCUT2D eigenvalue weighted by molar-refractivity contribution is 6.30. The Balaban J connectivity index is 1.44. The summed E-state index contributed by atoms with van der Waals surface area (Å²) in [4.78, 5) is 17.1. The predicted octanol–water partition coefficient (Wildman–Crippen LogP) is 5.69. The number of rotatable bonds is 5. The van der Waals surface area contributed by atoms with Crippen LogP contribution in [0.25, 0.3) is 33.3 Å². The Morgan fingerprint density at radius 1 is 0.970 bits per heavy atom. The summed E-state index contributed by atoms with van der Waals surface area (Å²) in [5, 5.41) is 16.9. The van der Waals surface area contributed by atoms with E-state index in [0.29, 0.717) is 38.7 Å². The van der Waals surface area contributed by atoms with Gasteiger partial charge in [0.2, 0.25) is 0 Å². The van der Waals surface area contributed by atoms with Crippen molar-refractivity contribution in [3.63, 3.8) is 0 Å². The molecule has 7 heteroatoms. The molecule has 0 fully saturated rings. The third-order valence-electron chi connectivity index (χ3n) is 5.33. The first kappa shape index (κ1) is 20.6. The van der Waals surface area contributed by atoms with Crippen molar-refractivity contribution in [3.05, 3.63) is 105 Å². The summed E-state index contributed by atoms with van der Waals surface area (Å²) >= 11 is 5.98. The van der Waals surface area contributed by atoms with Crippen molar-refractivity contribution in [2.45, 2.75) is 6.61 Å². The van der Waals surface area contributed by atoms with E-state index in [1.54, 1.807) is 42.5 Å². The van der Waals surface area contributed by atoms with Gasteiger partial charge in [-0.2, -0.15) is 5.26 Å². The molecular weight excluding hydrogens is 436 g/mol. The van der Waals surface area contributed by atoms with Gasteiger partial charge in [0.05, 0.1) is 34.1 Å². The lowest BCUT2D eigenvalue weighted by Crippen LogP contribution is -2.02. The molecular formula is C26H17ClN4O2. The third-order valence-corrected chi connectivity index (χ3v) is 5.59. The number of ether oxygens (including phenoxy) is 1. The van der Waals surface area contributed by atoms with Crippen LogP contribution in [0.3, 0.4) is 0 Å². The Labute approximate surface area is 194 Å². The second kappa shape index (κ2) is 8.65. The van der Waals surface area contributed by atoms with Gasteiger partial charge in [-0.15, -0.1) is 0 Å². The average molecular weight is 453 g/mol. The fraction of sp³-hybridized carbons (Fsp3) is 0.0385. The molecule has 0 spiro atoms. The van der Waals surface area contributed by atoms with Crippen LogP contribution in [0.1, 0.15) is 11.3 Å². The van der Waals surface area contributed by atoms with E-state index in [2.05, 4.69) is 21.3 Å². The molecule has 0 atom stereocenters. The van der Waals surface area contributed by atoms with Crippen molar-refractivity contribution in [2.75, 3.05) is 0 Å². The summed E-state index contributed by atoms with van der Waals surface area (Å²) in [5.74, 6) is 0.538. The lowest BCUT2D eigenvalue weighted by atomic mass is 9.98. The average Bonchev–Trinajstić information content (AvgIpc) is 3.24. The Hall–Kier alpha value is -4.34. The molecule has 3 aromatic carbocycles. The molecule has 2 heterocycles. The molecule has 5 aromatic rings. The minimum atomic E-state index is -0.279. The maximum atomic E-state index is 12.5. The Bertz CT molecular complexity index is 1560. The number of nitrogens with zero attached hydrogens (tertiary/aromatic N) is 2. The van der Waals surface area contributed by atoms with Crippen molar-refractivity contribution in [1.82, 2.24) is 15.2 Å². The van der Waals surface area contributed by atoms with Crippen LogP contribution in [-0.4, -0.2) is 15.2 Å². The van der Waals surface area contributed by atoms with Gasteiger partial charge >= 0.3 is 0 Å². The highest BCUT2D eigenvalue weighted by Crippen LogP contribution is 2.32. The zero-order valence-corrected chi connectivity index (χ0v) is 18.1. The molecule has 33 heavy (non-hydrogen) atoms. The highest BCUT2D eigenvalue weighted by atomic mass is 35.5. The number of H-pyrrole nitrogens is 2. The molecule has 0 aliphatic carbocycles. The SMILES string of the molecule is N#Cc1cc(OCc2ccc3ccccc3n2)ccc1-c1[nH][nH]c(=O)c1-c1ccc(Cl)cc1. The largest absolute Gasteiger partial charge is 0.487 e. The number of pyridine rings is 1. The third kappa shape index (κ3) is 4.10. The zero-order chi connectivity index (χ0) is 22.8. The molecule has 0 saturated carbocycles.